The van der Waals surface area contributed by atoms with Crippen molar-refractivity contribution in [3.8, 4) is 0 Å². The molecule has 0 fully saturated rings. The van der Waals surface area contributed by atoms with Crippen molar-refractivity contribution in [1.82, 2.24) is 0 Å². The second kappa shape index (κ2) is 6.29. The molecule has 1 rings (SSSR count). The summed E-state index contributed by atoms with van der Waals surface area (Å²) in [5, 5.41) is 0. The highest BCUT2D eigenvalue weighted by atomic mass is 79.9. The molecule has 1 atom stereocenters. The summed E-state index contributed by atoms with van der Waals surface area (Å²) in [5.74, 6) is 0.587. The lowest BCUT2D eigenvalue weighted by molar-refractivity contribution is 0.452. The van der Waals surface area contributed by atoms with Crippen molar-refractivity contribution in [3.63, 3.8) is 0 Å². The summed E-state index contributed by atoms with van der Waals surface area (Å²) in [6.07, 6.45) is 3.39. The van der Waals surface area contributed by atoms with Crippen LogP contribution >= 0.6 is 15.9 Å². The Bertz CT molecular complexity index is 296. The third-order valence-corrected chi connectivity index (χ3v) is 3.57. The predicted molar refractivity (Wildman–Crippen MR) is 69.9 cm³/mol. The fourth-order valence-electron chi connectivity index (χ4n) is 1.56. The minimum Gasteiger partial charge on any atom is -0.327 e. The summed E-state index contributed by atoms with van der Waals surface area (Å²) in [5.41, 5.74) is 7.39. The van der Waals surface area contributed by atoms with Crippen LogP contribution in [0.3, 0.4) is 0 Å². The van der Waals surface area contributed by atoms with E-state index in [0.717, 1.165) is 12.8 Å². The van der Waals surface area contributed by atoms with Crippen LogP contribution in [-0.4, -0.2) is 6.04 Å². The first-order valence-electron chi connectivity index (χ1n) is 5.60. The van der Waals surface area contributed by atoms with Crippen LogP contribution in [0.2, 0.25) is 0 Å². The van der Waals surface area contributed by atoms with Crippen molar-refractivity contribution >= 4 is 15.9 Å². The van der Waals surface area contributed by atoms with E-state index in [1.165, 1.54) is 16.5 Å². The van der Waals surface area contributed by atoms with Gasteiger partial charge >= 0.3 is 0 Å². The number of rotatable bonds is 5. The Morgan fingerprint density at radius 2 is 1.93 bits per heavy atom. The Morgan fingerprint density at radius 1 is 1.27 bits per heavy atom. The van der Waals surface area contributed by atoms with Crippen LogP contribution in [0.15, 0.2) is 28.7 Å². The zero-order valence-corrected chi connectivity index (χ0v) is 11.1. The van der Waals surface area contributed by atoms with E-state index in [1.54, 1.807) is 0 Å². The monoisotopic (exact) mass is 269 g/mol. The largest absolute Gasteiger partial charge is 0.327 e. The van der Waals surface area contributed by atoms with Crippen LogP contribution in [0.4, 0.5) is 0 Å². The lowest BCUT2D eigenvalue weighted by atomic mass is 9.98. The Hall–Kier alpha value is -0.340. The fraction of sp³-hybridized carbons (Fsp3) is 0.538. The van der Waals surface area contributed by atoms with E-state index in [-0.39, 0.29) is 0 Å². The van der Waals surface area contributed by atoms with Crippen LogP contribution in [0.1, 0.15) is 32.3 Å². The maximum absolute atomic E-state index is 6.01. The van der Waals surface area contributed by atoms with Crippen LogP contribution in [0.25, 0.3) is 0 Å². The van der Waals surface area contributed by atoms with Gasteiger partial charge in [-0.25, -0.2) is 0 Å². The van der Waals surface area contributed by atoms with Crippen LogP contribution in [0.5, 0.6) is 0 Å². The molecule has 1 unspecified atom stereocenters. The molecular formula is C13H20BrN. The molecule has 1 aromatic carbocycles. The van der Waals surface area contributed by atoms with Gasteiger partial charge in [0.2, 0.25) is 0 Å². The lowest BCUT2D eigenvalue weighted by Crippen LogP contribution is -2.26. The third-order valence-electron chi connectivity index (χ3n) is 2.80. The van der Waals surface area contributed by atoms with Crippen LogP contribution in [0, 0.1) is 5.92 Å². The number of hydrogen-bond donors (Lipinski definition) is 1. The SMILES string of the molecule is CC(C)C(N)CCCc1ccccc1Br. The van der Waals surface area contributed by atoms with Crippen LogP contribution < -0.4 is 5.73 Å². The molecule has 0 aliphatic rings. The molecule has 0 bridgehead atoms. The number of halogens is 1. The summed E-state index contributed by atoms with van der Waals surface area (Å²) < 4.78 is 1.21. The van der Waals surface area contributed by atoms with Crippen molar-refractivity contribution in [2.75, 3.05) is 0 Å². The maximum atomic E-state index is 6.01. The molecule has 0 saturated heterocycles. The van der Waals surface area contributed by atoms with Crippen molar-refractivity contribution < 1.29 is 0 Å². The zero-order chi connectivity index (χ0) is 11.3. The van der Waals surface area contributed by atoms with Gasteiger partial charge in [0, 0.05) is 10.5 Å². The first-order chi connectivity index (χ1) is 7.11. The van der Waals surface area contributed by atoms with Gasteiger partial charge in [0.1, 0.15) is 0 Å². The van der Waals surface area contributed by atoms with Crippen molar-refractivity contribution in [2.45, 2.75) is 39.2 Å². The van der Waals surface area contributed by atoms with Crippen LogP contribution in [-0.2, 0) is 6.42 Å². The predicted octanol–water partition coefficient (Wildman–Crippen LogP) is 3.76. The van der Waals surface area contributed by atoms with Gasteiger partial charge in [0.25, 0.3) is 0 Å². The number of hydrogen-bond acceptors (Lipinski definition) is 1. The van der Waals surface area contributed by atoms with Gasteiger partial charge in [-0.2, -0.15) is 0 Å². The topological polar surface area (TPSA) is 26.0 Å². The molecule has 0 heterocycles. The van der Waals surface area contributed by atoms with E-state index < -0.39 is 0 Å². The number of nitrogens with two attached hydrogens (primary N) is 1. The molecule has 0 saturated carbocycles. The molecule has 2 heteroatoms. The molecule has 0 amide bonds. The number of aryl methyl sites for hydroxylation is 1. The third kappa shape index (κ3) is 4.35. The van der Waals surface area contributed by atoms with Gasteiger partial charge in [0.05, 0.1) is 0 Å². The van der Waals surface area contributed by atoms with Gasteiger partial charge in [-0.3, -0.25) is 0 Å². The minimum absolute atomic E-state index is 0.340. The second-order valence-electron chi connectivity index (χ2n) is 4.39. The smallest absolute Gasteiger partial charge is 0.0207 e. The van der Waals surface area contributed by atoms with Crippen molar-refractivity contribution in [2.24, 2.45) is 11.7 Å². The second-order valence-corrected chi connectivity index (χ2v) is 5.25. The van der Waals surface area contributed by atoms with Gasteiger partial charge in [-0.05, 0) is 36.8 Å². The zero-order valence-electron chi connectivity index (χ0n) is 9.54. The molecule has 15 heavy (non-hydrogen) atoms. The first kappa shape index (κ1) is 12.7. The summed E-state index contributed by atoms with van der Waals surface area (Å²) in [6, 6.07) is 8.74. The summed E-state index contributed by atoms with van der Waals surface area (Å²) in [7, 11) is 0. The molecule has 0 aliphatic carbocycles. The molecule has 84 valence electrons. The van der Waals surface area contributed by atoms with Crippen molar-refractivity contribution in [3.05, 3.63) is 34.3 Å². The first-order valence-corrected chi connectivity index (χ1v) is 6.39. The standard InChI is InChI=1S/C13H20BrN/c1-10(2)13(15)9-5-7-11-6-3-4-8-12(11)14/h3-4,6,8,10,13H,5,7,9,15H2,1-2H3. The quantitative estimate of drug-likeness (QED) is 0.866. The van der Waals surface area contributed by atoms with E-state index in [0.29, 0.717) is 12.0 Å². The molecule has 0 spiro atoms. The van der Waals surface area contributed by atoms with Gasteiger partial charge < -0.3 is 5.73 Å². The molecule has 1 aromatic rings. The Balaban J connectivity index is 2.35. The molecule has 0 radical (unpaired) electrons. The van der Waals surface area contributed by atoms with E-state index >= 15 is 0 Å². The highest BCUT2D eigenvalue weighted by Crippen LogP contribution is 2.18. The van der Waals surface area contributed by atoms with Gasteiger partial charge in [-0.15, -0.1) is 0 Å². The average Bonchev–Trinajstić information content (AvgIpc) is 2.20. The maximum Gasteiger partial charge on any atom is 0.0207 e. The summed E-state index contributed by atoms with van der Waals surface area (Å²) in [6.45, 7) is 4.37. The Kier molecular flexibility index (Phi) is 5.34. The van der Waals surface area contributed by atoms with Crippen molar-refractivity contribution in [1.29, 1.82) is 0 Å². The molecular weight excluding hydrogens is 250 g/mol. The Morgan fingerprint density at radius 3 is 2.53 bits per heavy atom. The highest BCUT2D eigenvalue weighted by Gasteiger charge is 2.07. The normalized spacial score (nSPS) is 13.1. The fourth-order valence-corrected chi connectivity index (χ4v) is 2.05. The Labute approximate surface area is 101 Å². The molecule has 1 nitrogen and oxygen atoms in total. The molecule has 0 aliphatic heterocycles. The van der Waals surface area contributed by atoms with E-state index in [2.05, 4.69) is 48.0 Å². The van der Waals surface area contributed by atoms with Gasteiger partial charge in [-0.1, -0.05) is 48.0 Å². The lowest BCUT2D eigenvalue weighted by Gasteiger charge is -2.15. The van der Waals surface area contributed by atoms with E-state index in [9.17, 15) is 0 Å². The van der Waals surface area contributed by atoms with E-state index in [4.69, 9.17) is 5.73 Å². The highest BCUT2D eigenvalue weighted by molar-refractivity contribution is 9.10. The average molecular weight is 270 g/mol. The van der Waals surface area contributed by atoms with Gasteiger partial charge in [0.15, 0.2) is 0 Å². The summed E-state index contributed by atoms with van der Waals surface area (Å²) in [4.78, 5) is 0. The number of benzene rings is 1. The summed E-state index contributed by atoms with van der Waals surface area (Å²) >= 11 is 3.56. The minimum atomic E-state index is 0.340. The van der Waals surface area contributed by atoms with E-state index in [1.807, 2.05) is 6.07 Å². The molecule has 2 N–H and O–H groups in total. The molecule has 0 aromatic heterocycles.